The van der Waals surface area contributed by atoms with Gasteiger partial charge < -0.3 is 1.43 Å². The molecule has 0 fully saturated rings. The van der Waals surface area contributed by atoms with Crippen LogP contribution in [0.4, 0.5) is 0 Å². The van der Waals surface area contributed by atoms with Crippen molar-refractivity contribution in [2.24, 2.45) is 0 Å². The van der Waals surface area contributed by atoms with Crippen LogP contribution in [0.5, 0.6) is 0 Å². The number of hydrogen-bond donors (Lipinski definition) is 0. The smallest absolute Gasteiger partial charge is 1.00 e. The van der Waals surface area contributed by atoms with Crippen LogP contribution in [0, 0.1) is 0 Å². The van der Waals surface area contributed by atoms with E-state index in [9.17, 15) is 0 Å². The van der Waals surface area contributed by atoms with Crippen molar-refractivity contribution < 1.29 is 52.8 Å². The summed E-state index contributed by atoms with van der Waals surface area (Å²) in [6.45, 7) is 0. The largest absolute Gasteiger partial charge is 1.00 e. The van der Waals surface area contributed by atoms with Gasteiger partial charge in [-0.2, -0.15) is 19.8 Å². The Morgan fingerprint density at radius 2 is 0.865 bits per heavy atom. The monoisotopic (exact) mass is 506 g/mol. The van der Waals surface area contributed by atoms with Crippen LogP contribution in [-0.2, 0) is 0 Å². The number of aromatic nitrogens is 6. The van der Waals surface area contributed by atoms with E-state index in [-0.39, 0.29) is 52.8 Å². The normalized spacial score (nSPS) is 10.9. The summed E-state index contributed by atoms with van der Waals surface area (Å²) in [7, 11) is 0. The topological polar surface area (TPSA) is 61.4 Å². The molecule has 0 amide bonds. The summed E-state index contributed by atoms with van der Waals surface area (Å²) in [6.07, 6.45) is 7.75. The minimum absolute atomic E-state index is 0. The summed E-state index contributed by atoms with van der Waals surface area (Å²) in [5.41, 5.74) is 7.83. The van der Waals surface area contributed by atoms with E-state index in [4.69, 9.17) is 0 Å². The van der Waals surface area contributed by atoms with Gasteiger partial charge in [0.1, 0.15) is 11.4 Å². The number of nitrogens with zero attached hydrogens (tertiary/aromatic N) is 6. The first-order valence-corrected chi connectivity index (χ1v) is 11.7. The molecule has 0 saturated heterocycles. The van der Waals surface area contributed by atoms with Gasteiger partial charge in [0.05, 0.1) is 23.8 Å². The van der Waals surface area contributed by atoms with E-state index >= 15 is 0 Å². The quantitative estimate of drug-likeness (QED) is 0.256. The predicted octanol–water partition coefficient (Wildman–Crippen LogP) is 3.47. The second kappa shape index (κ2) is 11.7. The third-order valence-electron chi connectivity index (χ3n) is 5.84. The third-order valence-corrected chi connectivity index (χ3v) is 5.84. The van der Waals surface area contributed by atoms with Crippen LogP contribution in [0.1, 0.15) is 12.6 Å². The fourth-order valence-electron chi connectivity index (χ4n) is 3.89. The van der Waals surface area contributed by atoms with Crippen molar-refractivity contribution in [3.8, 4) is 33.9 Å². The van der Waals surface area contributed by atoms with Gasteiger partial charge in [-0.15, -0.1) is 10.2 Å². The Hall–Kier alpha value is -3.46. The molecule has 0 aliphatic carbocycles. The first-order chi connectivity index (χ1) is 17.8. The van der Waals surface area contributed by atoms with E-state index in [2.05, 4.69) is 56.8 Å². The zero-order valence-electron chi connectivity index (χ0n) is 21.4. The summed E-state index contributed by atoms with van der Waals surface area (Å²) < 4.78 is 0. The maximum atomic E-state index is 4.60. The average molecular weight is 507 g/mol. The van der Waals surface area contributed by atoms with E-state index in [1.54, 1.807) is 22.0 Å². The summed E-state index contributed by atoms with van der Waals surface area (Å²) >= 11 is 0. The molecule has 0 radical (unpaired) electrons. The number of rotatable bonds is 6. The predicted molar refractivity (Wildman–Crippen MR) is 144 cm³/mol. The molecule has 4 aromatic carbocycles. The van der Waals surface area contributed by atoms with Gasteiger partial charge in [0.25, 0.3) is 0 Å². The molecule has 0 aliphatic heterocycles. The van der Waals surface area contributed by atoms with E-state index in [0.717, 1.165) is 45.0 Å². The van der Waals surface area contributed by atoms with E-state index < -0.39 is 0 Å². The SMILES string of the molecule is C(=Cc1ccc(-n2ncc(-c3ccccc3)n2)cc1)c1ccc(-n2ncc(-c3ccccc3)n2)cc1.[H-].[K+]. The van der Waals surface area contributed by atoms with E-state index in [1.807, 2.05) is 84.9 Å². The van der Waals surface area contributed by atoms with Crippen molar-refractivity contribution in [2.75, 3.05) is 0 Å². The van der Waals surface area contributed by atoms with Gasteiger partial charge in [-0.25, -0.2) is 0 Å². The first kappa shape index (κ1) is 25.2. The van der Waals surface area contributed by atoms with Crippen molar-refractivity contribution in [1.29, 1.82) is 0 Å². The van der Waals surface area contributed by atoms with Crippen molar-refractivity contribution in [3.05, 3.63) is 133 Å². The molecule has 7 heteroatoms. The summed E-state index contributed by atoms with van der Waals surface area (Å²) in [5.74, 6) is 0. The molecule has 0 aliphatic rings. The molecule has 0 atom stereocenters. The maximum Gasteiger partial charge on any atom is 1.00 e. The molecule has 6 nitrogen and oxygen atoms in total. The molecule has 0 bridgehead atoms. The summed E-state index contributed by atoms with van der Waals surface area (Å²) in [5, 5.41) is 18.0. The molecule has 174 valence electrons. The zero-order chi connectivity index (χ0) is 24.2. The second-order valence-corrected chi connectivity index (χ2v) is 8.29. The van der Waals surface area contributed by atoms with Crippen molar-refractivity contribution in [3.63, 3.8) is 0 Å². The van der Waals surface area contributed by atoms with Crippen LogP contribution in [0.15, 0.2) is 122 Å². The van der Waals surface area contributed by atoms with Crippen molar-refractivity contribution in [1.82, 2.24) is 30.0 Å². The molecule has 37 heavy (non-hydrogen) atoms. The minimum atomic E-state index is 0. The third kappa shape index (κ3) is 5.93. The molecule has 6 aromatic rings. The van der Waals surface area contributed by atoms with Crippen molar-refractivity contribution in [2.45, 2.75) is 0 Å². The molecule has 2 heterocycles. The Morgan fingerprint density at radius 3 is 1.24 bits per heavy atom. The molecular formula is C30H23KN6. The van der Waals surface area contributed by atoms with Crippen LogP contribution in [-0.4, -0.2) is 30.0 Å². The van der Waals surface area contributed by atoms with Crippen LogP contribution < -0.4 is 51.4 Å². The van der Waals surface area contributed by atoms with Crippen LogP contribution >= 0.6 is 0 Å². The Bertz CT molecular complexity index is 1490. The summed E-state index contributed by atoms with van der Waals surface area (Å²) in [4.78, 5) is 3.31. The second-order valence-electron chi connectivity index (χ2n) is 8.29. The first-order valence-electron chi connectivity index (χ1n) is 11.7. The minimum Gasteiger partial charge on any atom is -1.00 e. The Kier molecular flexibility index (Phi) is 7.98. The van der Waals surface area contributed by atoms with Crippen LogP contribution in [0.3, 0.4) is 0 Å². The zero-order valence-corrected chi connectivity index (χ0v) is 23.5. The molecule has 6 rings (SSSR count). The average Bonchev–Trinajstić information content (AvgIpc) is 3.65. The molecular weight excluding hydrogens is 483 g/mol. The van der Waals surface area contributed by atoms with E-state index in [0.29, 0.717) is 0 Å². The molecule has 0 N–H and O–H groups in total. The van der Waals surface area contributed by atoms with Gasteiger partial charge >= 0.3 is 51.4 Å². The Labute approximate surface area is 259 Å². The molecule has 0 saturated carbocycles. The summed E-state index contributed by atoms with van der Waals surface area (Å²) in [6, 6.07) is 36.4. The fourth-order valence-corrected chi connectivity index (χ4v) is 3.89. The van der Waals surface area contributed by atoms with Gasteiger partial charge in [-0.05, 0) is 35.4 Å². The Balaban J connectivity index is 0.00000168. The van der Waals surface area contributed by atoms with Crippen LogP contribution in [0.2, 0.25) is 0 Å². The standard InChI is InChI=1S/C30H22N6.K.H/c1-3-7-25(8-4-1)29-21-31-35(33-29)27-17-13-23(14-18-27)11-12-24-15-19-28(20-16-24)36-32-22-30(34-36)26-9-5-2-6-10-26;;/h1-22H;;/q;+1;-1. The number of hydrogen-bond acceptors (Lipinski definition) is 4. The Morgan fingerprint density at radius 1 is 0.486 bits per heavy atom. The van der Waals surface area contributed by atoms with Gasteiger partial charge in [0.15, 0.2) is 0 Å². The maximum absolute atomic E-state index is 4.60. The van der Waals surface area contributed by atoms with E-state index in [1.165, 1.54) is 0 Å². The van der Waals surface area contributed by atoms with Gasteiger partial charge in [-0.3, -0.25) is 0 Å². The fraction of sp³-hybridized carbons (Fsp3) is 0. The van der Waals surface area contributed by atoms with Gasteiger partial charge in [0, 0.05) is 11.1 Å². The van der Waals surface area contributed by atoms with Crippen molar-refractivity contribution >= 4 is 12.2 Å². The van der Waals surface area contributed by atoms with Gasteiger partial charge in [-0.1, -0.05) is 97.1 Å². The number of benzene rings is 4. The molecule has 2 aromatic heterocycles. The molecule has 0 spiro atoms. The molecule has 0 unspecified atom stereocenters. The van der Waals surface area contributed by atoms with Crippen LogP contribution in [0.25, 0.3) is 46.0 Å². The van der Waals surface area contributed by atoms with Gasteiger partial charge in [0.2, 0.25) is 0 Å².